The van der Waals surface area contributed by atoms with Crippen molar-refractivity contribution in [2.75, 3.05) is 28.4 Å². The Morgan fingerprint density at radius 3 is 1.60 bits per heavy atom. The molecule has 19 heteroatoms. The first-order chi connectivity index (χ1) is 35.3. The normalized spacial score (nSPS) is 49.3. The van der Waals surface area contributed by atoms with Crippen molar-refractivity contribution in [3.8, 4) is 0 Å². The van der Waals surface area contributed by atoms with Crippen molar-refractivity contribution >= 4 is 11.8 Å². The molecule has 4 saturated heterocycles. The van der Waals surface area contributed by atoms with Crippen LogP contribution in [0.3, 0.4) is 0 Å². The number of carbonyl (C=O) groups is 2. The van der Waals surface area contributed by atoms with Gasteiger partial charge in [0.15, 0.2) is 30.9 Å². The van der Waals surface area contributed by atoms with Crippen molar-refractivity contribution in [2.24, 2.45) is 22.7 Å². The van der Waals surface area contributed by atoms with Crippen molar-refractivity contribution in [1.29, 1.82) is 0 Å². The molecular weight excluding hydrogens is 977 g/mol. The third-order valence-electron chi connectivity index (χ3n) is 19.6. The van der Waals surface area contributed by atoms with Gasteiger partial charge in [0, 0.05) is 66.1 Å². The summed E-state index contributed by atoms with van der Waals surface area (Å²) in [5, 5.41) is 48.5. The summed E-state index contributed by atoms with van der Waals surface area (Å²) in [5.74, 6) is -1.61. The maximum atomic E-state index is 13.6. The second-order valence-corrected chi connectivity index (χ2v) is 23.9. The Hall–Kier alpha value is -2.02. The van der Waals surface area contributed by atoms with E-state index in [1.165, 1.54) is 13.0 Å². The molecule has 0 aromatic heterocycles. The van der Waals surface area contributed by atoms with Gasteiger partial charge >= 0.3 is 5.97 Å². The zero-order valence-electron chi connectivity index (χ0n) is 46.9. The number of ether oxygens (including phenoxy) is 13. The molecule has 8 rings (SSSR count). The van der Waals surface area contributed by atoms with E-state index in [4.69, 9.17) is 61.6 Å². The topological polar surface area (TPSA) is 235 Å². The molecule has 0 amide bonds. The molecule has 0 aromatic carbocycles. The number of hydrogen-bond acceptors (Lipinski definition) is 19. The lowest BCUT2D eigenvalue weighted by Gasteiger charge is -2.67. The highest BCUT2D eigenvalue weighted by Crippen LogP contribution is 2.71. The number of fused-ring (bicyclic) bond motifs is 5. The van der Waals surface area contributed by atoms with E-state index < -0.39 is 144 Å². The average molecular weight is 1070 g/mol. The molecule has 75 heavy (non-hydrogen) atoms. The minimum absolute atomic E-state index is 0.0344. The van der Waals surface area contributed by atoms with Crippen LogP contribution in [0.1, 0.15) is 140 Å². The zero-order valence-corrected chi connectivity index (χ0v) is 46.9. The number of Topliss-reactive ketones (excluding diaryl/α,β-unsaturated/α-hetero) is 1. The van der Waals surface area contributed by atoms with Crippen LogP contribution in [-0.2, 0) is 71.2 Å². The molecule has 3 saturated carbocycles. The Labute approximate surface area is 443 Å². The lowest BCUT2D eigenvalue weighted by atomic mass is 9.42. The van der Waals surface area contributed by atoms with Crippen LogP contribution in [-0.4, -0.2) is 188 Å². The second-order valence-electron chi connectivity index (χ2n) is 23.9. The quantitative estimate of drug-likeness (QED) is 0.0892. The Kier molecular flexibility index (Phi) is 18.0. The summed E-state index contributed by atoms with van der Waals surface area (Å²) in [6.45, 7) is 18.4. The number of hydrogen-bond donors (Lipinski definition) is 4. The highest BCUT2D eigenvalue weighted by molar-refractivity contribution is 5.87. The lowest BCUT2D eigenvalue weighted by Crippen LogP contribution is -2.78. The molecule has 19 nitrogen and oxygen atoms in total. The van der Waals surface area contributed by atoms with Gasteiger partial charge in [-0.3, -0.25) is 4.79 Å². The number of methoxy groups -OCH3 is 4. The molecule has 0 aromatic rings. The van der Waals surface area contributed by atoms with Crippen molar-refractivity contribution in [2.45, 2.75) is 267 Å². The number of ketones is 1. The van der Waals surface area contributed by atoms with Gasteiger partial charge in [-0.05, 0) is 105 Å². The van der Waals surface area contributed by atoms with Crippen molar-refractivity contribution < 1.29 is 91.6 Å². The van der Waals surface area contributed by atoms with Gasteiger partial charge in [-0.25, -0.2) is 4.79 Å². The predicted molar refractivity (Wildman–Crippen MR) is 269 cm³/mol. The monoisotopic (exact) mass is 1070 g/mol. The van der Waals surface area contributed by atoms with Gasteiger partial charge < -0.3 is 82.0 Å². The summed E-state index contributed by atoms with van der Waals surface area (Å²) in [7, 11) is 6.49. The van der Waals surface area contributed by atoms with E-state index in [0.717, 1.165) is 11.1 Å². The number of aliphatic hydroxyl groups is 4. The van der Waals surface area contributed by atoms with Gasteiger partial charge in [0.1, 0.15) is 47.3 Å². The van der Waals surface area contributed by atoms with Crippen LogP contribution in [0.2, 0.25) is 0 Å². The Morgan fingerprint density at radius 1 is 0.667 bits per heavy atom. The molecule has 428 valence electrons. The molecule has 24 atom stereocenters. The van der Waals surface area contributed by atoms with E-state index in [2.05, 4.69) is 6.92 Å². The molecule has 4 aliphatic carbocycles. The highest BCUT2D eigenvalue weighted by atomic mass is 16.8. The molecule has 7 fully saturated rings. The lowest BCUT2D eigenvalue weighted by molar-refractivity contribution is -0.347. The average Bonchev–Trinajstić information content (AvgIpc) is 3.59. The number of esters is 1. The maximum Gasteiger partial charge on any atom is 0.330 e. The summed E-state index contributed by atoms with van der Waals surface area (Å²) in [6, 6.07) is 0. The minimum Gasteiger partial charge on any atom is -0.458 e. The van der Waals surface area contributed by atoms with Crippen LogP contribution in [0.25, 0.3) is 0 Å². The first kappa shape index (κ1) is 59.1. The van der Waals surface area contributed by atoms with Crippen LogP contribution in [0.4, 0.5) is 0 Å². The van der Waals surface area contributed by atoms with Crippen LogP contribution >= 0.6 is 0 Å². The number of allylic oxidation sites excluding steroid dienone is 1. The first-order valence-corrected chi connectivity index (χ1v) is 27.6. The van der Waals surface area contributed by atoms with Crippen molar-refractivity contribution in [3.05, 3.63) is 23.3 Å². The predicted octanol–water partition coefficient (Wildman–Crippen LogP) is 5.12. The van der Waals surface area contributed by atoms with Gasteiger partial charge in [-0.1, -0.05) is 38.0 Å². The van der Waals surface area contributed by atoms with Gasteiger partial charge in [0.05, 0.1) is 60.4 Å². The van der Waals surface area contributed by atoms with E-state index in [0.29, 0.717) is 44.9 Å². The second kappa shape index (κ2) is 22.8. The van der Waals surface area contributed by atoms with Crippen LogP contribution in [0, 0.1) is 22.7 Å². The molecule has 0 radical (unpaired) electrons. The Bertz CT molecular complexity index is 2070. The van der Waals surface area contributed by atoms with Gasteiger partial charge in [-0.2, -0.15) is 0 Å². The van der Waals surface area contributed by atoms with Crippen LogP contribution in [0.5, 0.6) is 0 Å². The molecular formula is C56H90O19. The number of aliphatic hydroxyl groups excluding tert-OH is 1. The summed E-state index contributed by atoms with van der Waals surface area (Å²) in [6.07, 6.45) is -2.49. The van der Waals surface area contributed by atoms with Gasteiger partial charge in [0.2, 0.25) is 0 Å². The number of rotatable bonds is 16. The standard InChI is InChI=1S/C56H90O19/c1-28(2)29(3)21-43(58)72-42-27-41-52(9)17-16-36(22-35(52)15-18-55(41,61)56(62)20-19-54(60,34(8)57)53(42,56)10)71-44-24-38(64-12)49(31(5)68-44)74-46-26-40(66-14)51(33(7)70-46)75-47-25-39(65-13)50(32(6)69-47)73-45-23-37(63-11)48(59)30(4)67-45/h15,21,28,30-33,36-42,44-51,59-62H,16-20,22-27H2,1-14H3/b29-21-/t30?,31?,32?,33?,36-,37?,38?,39?,40?,41+,42+,44?,45?,46?,47?,48?,49?,50?,51?,52-,53+,54+,55-,56+/m0/s1. The van der Waals surface area contributed by atoms with E-state index in [-0.39, 0.29) is 43.8 Å². The smallest absolute Gasteiger partial charge is 0.330 e. The Morgan fingerprint density at radius 2 is 1.13 bits per heavy atom. The van der Waals surface area contributed by atoms with E-state index >= 15 is 0 Å². The molecule has 4 aliphatic heterocycles. The first-order valence-electron chi connectivity index (χ1n) is 27.6. The van der Waals surface area contributed by atoms with E-state index in [1.54, 1.807) is 42.3 Å². The van der Waals surface area contributed by atoms with Crippen LogP contribution in [0.15, 0.2) is 23.3 Å². The molecule has 16 unspecified atom stereocenters. The molecule has 4 heterocycles. The largest absolute Gasteiger partial charge is 0.458 e. The molecule has 4 N–H and O–H groups in total. The van der Waals surface area contributed by atoms with E-state index in [1.807, 2.05) is 47.6 Å². The fourth-order valence-corrected chi connectivity index (χ4v) is 14.6. The SMILES string of the molecule is COC1CC(OC2C(C)OC(OC3C(C)OC(OC4C(C)OC(O[C@H]5CC[C@@]6(C)C(=CC[C@]7(O)[C@@H]6C[C@@H](OC(=O)/C=C(/C)C(C)C)[C@@]6(C)[C@]7(O)CC[C@@]6(O)C(C)=O)C5)CC4OC)CC3OC)CC2OC)OC(C)C1O. The maximum absolute atomic E-state index is 13.6. The van der Waals surface area contributed by atoms with Gasteiger partial charge in [0.25, 0.3) is 0 Å². The molecule has 0 bridgehead atoms. The molecule has 8 aliphatic rings. The third-order valence-corrected chi connectivity index (χ3v) is 19.6. The minimum atomic E-state index is -2.02. The zero-order chi connectivity index (χ0) is 54.7. The summed E-state index contributed by atoms with van der Waals surface area (Å²) < 4.78 is 81.6. The summed E-state index contributed by atoms with van der Waals surface area (Å²) in [4.78, 5) is 26.9. The highest BCUT2D eigenvalue weighted by Gasteiger charge is 2.81. The third kappa shape index (κ3) is 10.6. The van der Waals surface area contributed by atoms with Crippen molar-refractivity contribution in [1.82, 2.24) is 0 Å². The molecule has 0 spiro atoms. The summed E-state index contributed by atoms with van der Waals surface area (Å²) >= 11 is 0. The van der Waals surface area contributed by atoms with Gasteiger partial charge in [-0.15, -0.1) is 0 Å². The summed E-state index contributed by atoms with van der Waals surface area (Å²) in [5.41, 5.74) is -6.10. The Balaban J connectivity index is 0.877. The fourth-order valence-electron chi connectivity index (χ4n) is 14.6. The number of carbonyl (C=O) groups excluding carboxylic acids is 2. The fraction of sp³-hybridized carbons (Fsp3) is 0.893. The van der Waals surface area contributed by atoms with Crippen LogP contribution < -0.4 is 0 Å². The van der Waals surface area contributed by atoms with Crippen molar-refractivity contribution in [3.63, 3.8) is 0 Å². The van der Waals surface area contributed by atoms with E-state index in [9.17, 15) is 30.0 Å².